The van der Waals surface area contributed by atoms with Gasteiger partial charge in [-0.25, -0.2) is 4.98 Å². The Morgan fingerprint density at radius 3 is 2.54 bits per heavy atom. The van der Waals surface area contributed by atoms with E-state index >= 15 is 0 Å². The average Bonchev–Trinajstić information content (AvgIpc) is 2.94. The average molecular weight is 352 g/mol. The minimum absolute atomic E-state index is 0.00250. The van der Waals surface area contributed by atoms with Crippen LogP contribution in [0.15, 0.2) is 42.7 Å². The molecule has 0 aliphatic carbocycles. The first-order valence-corrected chi connectivity index (χ1v) is 9.08. The van der Waals surface area contributed by atoms with Crippen molar-refractivity contribution in [1.29, 1.82) is 0 Å². The van der Waals surface area contributed by atoms with E-state index in [0.29, 0.717) is 6.54 Å². The Kier molecular flexibility index (Phi) is 5.05. The highest BCUT2D eigenvalue weighted by Gasteiger charge is 2.19. The van der Waals surface area contributed by atoms with E-state index in [-0.39, 0.29) is 12.0 Å². The molecule has 3 aromatic rings. The highest BCUT2D eigenvalue weighted by molar-refractivity contribution is 5.77. The number of hydrogen-bond donors (Lipinski definition) is 1. The van der Waals surface area contributed by atoms with Crippen LogP contribution in [-0.4, -0.2) is 27.4 Å². The highest BCUT2D eigenvalue weighted by atomic mass is 16.5. The van der Waals surface area contributed by atoms with Crippen molar-refractivity contribution in [1.82, 2.24) is 9.55 Å². The van der Waals surface area contributed by atoms with Crippen molar-refractivity contribution in [2.24, 2.45) is 0 Å². The van der Waals surface area contributed by atoms with Gasteiger partial charge in [0.1, 0.15) is 18.5 Å². The number of aliphatic hydroxyl groups excluding tert-OH is 1. The van der Waals surface area contributed by atoms with Gasteiger partial charge in [0.2, 0.25) is 0 Å². The van der Waals surface area contributed by atoms with Crippen LogP contribution >= 0.6 is 0 Å². The zero-order chi connectivity index (χ0) is 18.9. The number of benzene rings is 2. The van der Waals surface area contributed by atoms with Crippen LogP contribution in [0.25, 0.3) is 11.0 Å². The lowest BCUT2D eigenvalue weighted by Gasteiger charge is -2.23. The maximum Gasteiger partial charge on any atom is 0.123 e. The molecule has 0 aliphatic heterocycles. The van der Waals surface area contributed by atoms with Gasteiger partial charge >= 0.3 is 0 Å². The third kappa shape index (κ3) is 3.91. The van der Waals surface area contributed by atoms with E-state index in [2.05, 4.69) is 57.8 Å². The number of ether oxygens (including phenoxy) is 1. The minimum Gasteiger partial charge on any atom is -0.491 e. The smallest absolute Gasteiger partial charge is 0.123 e. The molecule has 0 saturated heterocycles. The molecule has 0 bridgehead atoms. The first kappa shape index (κ1) is 18.5. The maximum atomic E-state index is 10.5. The SMILES string of the molecule is Cc1cc2ncn(CC(O)COc3ccccc3C(C)(C)C)c2cc1C. The molecule has 1 unspecified atom stereocenters. The number of imidazole rings is 1. The normalized spacial score (nSPS) is 13.2. The summed E-state index contributed by atoms with van der Waals surface area (Å²) in [4.78, 5) is 4.45. The summed E-state index contributed by atoms with van der Waals surface area (Å²) in [5.41, 5.74) is 5.60. The summed E-state index contributed by atoms with van der Waals surface area (Å²) in [7, 11) is 0. The number of para-hydroxylation sites is 1. The van der Waals surface area contributed by atoms with E-state index in [4.69, 9.17) is 4.74 Å². The van der Waals surface area contributed by atoms with Gasteiger partial charge in [0.15, 0.2) is 0 Å². The van der Waals surface area contributed by atoms with Crippen LogP contribution in [0.3, 0.4) is 0 Å². The molecular weight excluding hydrogens is 324 g/mol. The molecule has 1 aromatic heterocycles. The quantitative estimate of drug-likeness (QED) is 0.741. The van der Waals surface area contributed by atoms with E-state index in [1.807, 2.05) is 22.8 Å². The molecule has 0 amide bonds. The zero-order valence-electron chi connectivity index (χ0n) is 16.3. The molecule has 0 spiro atoms. The van der Waals surface area contributed by atoms with Crippen LogP contribution < -0.4 is 4.74 Å². The fourth-order valence-electron chi connectivity index (χ4n) is 3.14. The predicted molar refractivity (Wildman–Crippen MR) is 106 cm³/mol. The fourth-order valence-corrected chi connectivity index (χ4v) is 3.14. The van der Waals surface area contributed by atoms with Crippen molar-refractivity contribution >= 4 is 11.0 Å². The number of hydrogen-bond acceptors (Lipinski definition) is 3. The van der Waals surface area contributed by atoms with Crippen molar-refractivity contribution < 1.29 is 9.84 Å². The van der Waals surface area contributed by atoms with Crippen molar-refractivity contribution in [2.45, 2.75) is 52.7 Å². The summed E-state index contributed by atoms with van der Waals surface area (Å²) >= 11 is 0. The summed E-state index contributed by atoms with van der Waals surface area (Å²) in [5, 5.41) is 10.5. The summed E-state index contributed by atoms with van der Waals surface area (Å²) in [6, 6.07) is 12.2. The molecule has 1 atom stereocenters. The monoisotopic (exact) mass is 352 g/mol. The zero-order valence-corrected chi connectivity index (χ0v) is 16.3. The van der Waals surface area contributed by atoms with Gasteiger partial charge in [-0.15, -0.1) is 0 Å². The van der Waals surface area contributed by atoms with Gasteiger partial charge < -0.3 is 14.4 Å². The van der Waals surface area contributed by atoms with Gasteiger partial charge in [0.25, 0.3) is 0 Å². The first-order valence-electron chi connectivity index (χ1n) is 9.08. The number of rotatable bonds is 5. The third-order valence-electron chi connectivity index (χ3n) is 4.77. The number of aliphatic hydroxyl groups is 1. The Hall–Kier alpha value is -2.33. The molecule has 0 radical (unpaired) electrons. The molecule has 0 saturated carbocycles. The van der Waals surface area contributed by atoms with Crippen molar-refractivity contribution in [2.75, 3.05) is 6.61 Å². The van der Waals surface area contributed by atoms with Crippen molar-refractivity contribution in [3.05, 3.63) is 59.4 Å². The number of aryl methyl sites for hydroxylation is 2. The van der Waals surface area contributed by atoms with E-state index in [0.717, 1.165) is 22.3 Å². The second-order valence-electron chi connectivity index (χ2n) is 8.03. The molecule has 0 fully saturated rings. The third-order valence-corrected chi connectivity index (χ3v) is 4.77. The Bertz CT molecular complexity index is 906. The number of fused-ring (bicyclic) bond motifs is 1. The Labute approximate surface area is 155 Å². The highest BCUT2D eigenvalue weighted by Crippen LogP contribution is 2.31. The molecule has 1 N–H and O–H groups in total. The topological polar surface area (TPSA) is 47.3 Å². The molecule has 1 heterocycles. The Balaban J connectivity index is 1.71. The van der Waals surface area contributed by atoms with E-state index < -0.39 is 6.10 Å². The van der Waals surface area contributed by atoms with Crippen LogP contribution in [0.4, 0.5) is 0 Å². The van der Waals surface area contributed by atoms with Crippen LogP contribution in [-0.2, 0) is 12.0 Å². The van der Waals surface area contributed by atoms with Crippen molar-refractivity contribution in [3.63, 3.8) is 0 Å². The van der Waals surface area contributed by atoms with E-state index in [1.165, 1.54) is 11.1 Å². The fraction of sp³-hybridized carbons (Fsp3) is 0.409. The molecule has 2 aromatic carbocycles. The summed E-state index contributed by atoms with van der Waals surface area (Å²) in [6.07, 6.45) is 1.18. The predicted octanol–water partition coefficient (Wildman–Crippen LogP) is 4.39. The van der Waals surface area contributed by atoms with Gasteiger partial charge in [0.05, 0.1) is 23.9 Å². The van der Waals surface area contributed by atoms with Crippen LogP contribution in [0, 0.1) is 13.8 Å². The second kappa shape index (κ2) is 7.12. The lowest BCUT2D eigenvalue weighted by molar-refractivity contribution is 0.0924. The molecule has 4 nitrogen and oxygen atoms in total. The summed E-state index contributed by atoms with van der Waals surface area (Å²) in [5.74, 6) is 0.834. The van der Waals surface area contributed by atoms with Crippen molar-refractivity contribution in [3.8, 4) is 5.75 Å². The lowest BCUT2D eigenvalue weighted by Crippen LogP contribution is -2.24. The summed E-state index contributed by atoms with van der Waals surface area (Å²) < 4.78 is 7.94. The summed E-state index contributed by atoms with van der Waals surface area (Å²) in [6.45, 7) is 11.4. The number of aromatic nitrogens is 2. The first-order chi connectivity index (χ1) is 12.3. The van der Waals surface area contributed by atoms with Gasteiger partial charge in [0, 0.05) is 0 Å². The van der Waals surface area contributed by atoms with Crippen LogP contribution in [0.1, 0.15) is 37.5 Å². The molecule has 138 valence electrons. The minimum atomic E-state index is -0.609. The molecule has 0 aliphatic rings. The standard InChI is InChI=1S/C22H28N2O2/c1-15-10-19-20(11-16(15)2)24(14-23-19)12-17(25)13-26-21-9-7-6-8-18(21)22(3,4)5/h6-11,14,17,25H,12-13H2,1-5H3. The van der Waals surface area contributed by atoms with Crippen LogP contribution in [0.2, 0.25) is 0 Å². The maximum absolute atomic E-state index is 10.5. The van der Waals surface area contributed by atoms with E-state index in [1.54, 1.807) is 6.33 Å². The lowest BCUT2D eigenvalue weighted by atomic mass is 9.86. The van der Waals surface area contributed by atoms with Gasteiger partial charge in [-0.3, -0.25) is 0 Å². The Morgan fingerprint density at radius 2 is 1.81 bits per heavy atom. The molecule has 4 heteroatoms. The van der Waals surface area contributed by atoms with E-state index in [9.17, 15) is 5.11 Å². The molecular formula is C22H28N2O2. The second-order valence-corrected chi connectivity index (χ2v) is 8.03. The van der Waals surface area contributed by atoms with Crippen LogP contribution in [0.5, 0.6) is 5.75 Å². The molecule has 26 heavy (non-hydrogen) atoms. The van der Waals surface area contributed by atoms with Gasteiger partial charge in [-0.1, -0.05) is 39.0 Å². The van der Waals surface area contributed by atoms with Gasteiger partial charge in [-0.05, 0) is 54.2 Å². The Morgan fingerprint density at radius 1 is 1.12 bits per heavy atom. The van der Waals surface area contributed by atoms with Gasteiger partial charge in [-0.2, -0.15) is 0 Å². The molecule has 3 rings (SSSR count). The number of nitrogens with zero attached hydrogens (tertiary/aromatic N) is 2. The largest absolute Gasteiger partial charge is 0.491 e.